The molecule has 0 saturated heterocycles. The molecule has 1 aromatic carbocycles. The molecule has 0 radical (unpaired) electrons. The lowest BCUT2D eigenvalue weighted by molar-refractivity contribution is 0.0953. The Hall–Kier alpha value is -1.63. The molecule has 1 aromatic rings. The number of nitrogens with zero attached hydrogens (tertiary/aromatic N) is 1. The van der Waals surface area contributed by atoms with Gasteiger partial charge in [0.15, 0.2) is 0 Å². The molecule has 0 unspecified atom stereocenters. The Kier molecular flexibility index (Phi) is 4.89. The Labute approximate surface area is 106 Å². The van der Waals surface area contributed by atoms with Crippen molar-refractivity contribution in [2.45, 2.75) is 6.42 Å². The van der Waals surface area contributed by atoms with E-state index < -0.39 is 11.7 Å². The summed E-state index contributed by atoms with van der Waals surface area (Å²) in [5.74, 6) is -0.917. The summed E-state index contributed by atoms with van der Waals surface area (Å²) in [5, 5.41) is 13.6. The molecule has 0 aliphatic heterocycles. The third-order valence-corrected chi connectivity index (χ3v) is 2.80. The number of hydrogen-bond acceptors (Lipinski definition) is 3. The predicted octanol–water partition coefficient (Wildman–Crippen LogP) is 1.45. The highest BCUT2D eigenvalue weighted by Crippen LogP contribution is 2.20. The zero-order valence-corrected chi connectivity index (χ0v) is 10.4. The van der Waals surface area contributed by atoms with Crippen molar-refractivity contribution in [3.05, 3.63) is 34.1 Å². The average molecular weight is 304 g/mol. The number of carbonyl (C=O) groups excluding carboxylic acids is 1. The van der Waals surface area contributed by atoms with Gasteiger partial charge in [-0.2, -0.15) is 0 Å². The van der Waals surface area contributed by atoms with E-state index in [1.54, 1.807) is 0 Å². The molecule has 17 heavy (non-hydrogen) atoms. The van der Waals surface area contributed by atoms with Crippen molar-refractivity contribution in [1.29, 1.82) is 0 Å². The smallest absolute Gasteiger partial charge is 0.252 e. The molecule has 0 spiro atoms. The highest BCUT2D eigenvalue weighted by molar-refractivity contribution is 9.10. The molecule has 0 aliphatic carbocycles. The third kappa shape index (κ3) is 3.70. The van der Waals surface area contributed by atoms with E-state index in [1.807, 2.05) is 0 Å². The summed E-state index contributed by atoms with van der Waals surface area (Å²) in [6.07, 6.45) is 0.217. The lowest BCUT2D eigenvalue weighted by Crippen LogP contribution is -2.28. The van der Waals surface area contributed by atoms with E-state index in [0.717, 1.165) is 0 Å². The Morgan fingerprint density at radius 2 is 2.29 bits per heavy atom. The third-order valence-electron chi connectivity index (χ3n) is 1.99. The zero-order chi connectivity index (χ0) is 12.8. The first-order chi connectivity index (χ1) is 8.06. The highest BCUT2D eigenvalue weighted by Gasteiger charge is 2.12. The molecule has 0 bridgehead atoms. The van der Waals surface area contributed by atoms with E-state index in [4.69, 9.17) is 10.9 Å². The van der Waals surface area contributed by atoms with Crippen molar-refractivity contribution >= 4 is 27.7 Å². The first kappa shape index (κ1) is 13.4. The summed E-state index contributed by atoms with van der Waals surface area (Å²) < 4.78 is 13.3. The fourth-order valence-electron chi connectivity index (χ4n) is 1.13. The topological polar surface area (TPSA) is 87.7 Å². The van der Waals surface area contributed by atoms with Gasteiger partial charge in [-0.25, -0.2) is 4.39 Å². The molecule has 0 atom stereocenters. The SMILES string of the molecule is N/C(CCNC(=O)c1cccc(F)c1Br)=N/O. The van der Waals surface area contributed by atoms with Gasteiger partial charge in [-0.1, -0.05) is 11.2 Å². The maximum absolute atomic E-state index is 13.1. The fraction of sp³-hybridized carbons (Fsp3) is 0.200. The zero-order valence-electron chi connectivity index (χ0n) is 8.78. The molecular weight excluding hydrogens is 293 g/mol. The minimum atomic E-state index is -0.505. The second-order valence-corrected chi connectivity index (χ2v) is 3.99. The number of carbonyl (C=O) groups is 1. The van der Waals surface area contributed by atoms with Crippen LogP contribution >= 0.6 is 15.9 Å². The number of oxime groups is 1. The van der Waals surface area contributed by atoms with E-state index in [-0.39, 0.29) is 28.8 Å². The number of hydrogen-bond donors (Lipinski definition) is 3. The molecule has 5 nitrogen and oxygen atoms in total. The minimum Gasteiger partial charge on any atom is -0.409 e. The van der Waals surface area contributed by atoms with E-state index in [2.05, 4.69) is 26.4 Å². The lowest BCUT2D eigenvalue weighted by Gasteiger charge is -2.06. The predicted molar refractivity (Wildman–Crippen MR) is 64.5 cm³/mol. The fourth-order valence-corrected chi connectivity index (χ4v) is 1.57. The van der Waals surface area contributed by atoms with Gasteiger partial charge < -0.3 is 16.3 Å². The normalized spacial score (nSPS) is 11.3. The van der Waals surface area contributed by atoms with E-state index in [1.165, 1.54) is 18.2 Å². The summed E-state index contributed by atoms with van der Waals surface area (Å²) in [6, 6.07) is 4.18. The monoisotopic (exact) mass is 303 g/mol. The van der Waals surface area contributed by atoms with Crippen molar-refractivity contribution in [2.24, 2.45) is 10.9 Å². The molecule has 1 rings (SSSR count). The Bertz CT molecular complexity index is 451. The van der Waals surface area contributed by atoms with Crippen LogP contribution in [0.25, 0.3) is 0 Å². The number of nitrogens with two attached hydrogens (primary N) is 1. The number of amidine groups is 1. The molecule has 0 aliphatic rings. The molecule has 7 heteroatoms. The number of benzene rings is 1. The molecule has 1 amide bonds. The standard InChI is InChI=1S/C10H11BrFN3O2/c11-9-6(2-1-3-7(9)12)10(16)14-5-4-8(13)15-17/h1-3,17H,4-5H2,(H2,13,15)(H,14,16). The Morgan fingerprint density at radius 3 is 2.94 bits per heavy atom. The van der Waals surface area contributed by atoms with Gasteiger partial charge in [-0.05, 0) is 28.1 Å². The van der Waals surface area contributed by atoms with Crippen LogP contribution in [-0.4, -0.2) is 23.5 Å². The summed E-state index contributed by atoms with van der Waals surface area (Å²) in [4.78, 5) is 11.6. The summed E-state index contributed by atoms with van der Waals surface area (Å²) in [5.41, 5.74) is 5.43. The first-order valence-corrected chi connectivity index (χ1v) is 5.54. The molecule has 0 fully saturated rings. The van der Waals surface area contributed by atoms with Crippen molar-refractivity contribution in [3.63, 3.8) is 0 Å². The maximum Gasteiger partial charge on any atom is 0.252 e. The van der Waals surface area contributed by atoms with Crippen LogP contribution in [0.5, 0.6) is 0 Å². The second-order valence-electron chi connectivity index (χ2n) is 3.20. The number of rotatable bonds is 4. The van der Waals surface area contributed by atoms with Gasteiger partial charge in [-0.15, -0.1) is 0 Å². The van der Waals surface area contributed by atoms with E-state index >= 15 is 0 Å². The van der Waals surface area contributed by atoms with Crippen molar-refractivity contribution in [3.8, 4) is 0 Å². The van der Waals surface area contributed by atoms with Gasteiger partial charge in [0.1, 0.15) is 11.7 Å². The summed E-state index contributed by atoms with van der Waals surface area (Å²) >= 11 is 2.99. The number of amides is 1. The van der Waals surface area contributed by atoms with Gasteiger partial charge >= 0.3 is 0 Å². The van der Waals surface area contributed by atoms with Gasteiger partial charge in [0.25, 0.3) is 5.91 Å². The summed E-state index contributed by atoms with van der Waals surface area (Å²) in [6.45, 7) is 0.206. The van der Waals surface area contributed by atoms with Crippen LogP contribution in [0.3, 0.4) is 0 Å². The molecular formula is C10H11BrFN3O2. The molecule has 0 aromatic heterocycles. The van der Waals surface area contributed by atoms with Gasteiger partial charge in [0, 0.05) is 13.0 Å². The van der Waals surface area contributed by atoms with E-state index in [0.29, 0.717) is 0 Å². The summed E-state index contributed by atoms with van der Waals surface area (Å²) in [7, 11) is 0. The van der Waals surface area contributed by atoms with E-state index in [9.17, 15) is 9.18 Å². The van der Waals surface area contributed by atoms with Gasteiger partial charge in [-0.3, -0.25) is 4.79 Å². The van der Waals surface area contributed by atoms with Crippen LogP contribution in [0.4, 0.5) is 4.39 Å². The van der Waals surface area contributed by atoms with Crippen molar-refractivity contribution in [2.75, 3.05) is 6.54 Å². The van der Waals surface area contributed by atoms with Crippen LogP contribution in [0, 0.1) is 5.82 Å². The molecule has 92 valence electrons. The van der Waals surface area contributed by atoms with Gasteiger partial charge in [0.05, 0.1) is 10.0 Å². The van der Waals surface area contributed by atoms with Crippen molar-refractivity contribution in [1.82, 2.24) is 5.32 Å². The van der Waals surface area contributed by atoms with Crippen molar-refractivity contribution < 1.29 is 14.4 Å². The van der Waals surface area contributed by atoms with Crippen LogP contribution in [0.15, 0.2) is 27.8 Å². The molecule has 0 saturated carbocycles. The maximum atomic E-state index is 13.1. The van der Waals surface area contributed by atoms with Crippen LogP contribution < -0.4 is 11.1 Å². The quantitative estimate of drug-likeness (QED) is 0.340. The number of halogens is 2. The number of nitrogens with one attached hydrogen (secondary N) is 1. The molecule has 0 heterocycles. The highest BCUT2D eigenvalue weighted by atomic mass is 79.9. The van der Waals surface area contributed by atoms with Crippen LogP contribution in [0.1, 0.15) is 16.8 Å². The largest absolute Gasteiger partial charge is 0.409 e. The second kappa shape index (κ2) is 6.19. The average Bonchev–Trinajstić information content (AvgIpc) is 2.32. The van der Waals surface area contributed by atoms with Crippen LogP contribution in [-0.2, 0) is 0 Å². The Balaban J connectivity index is 2.62. The lowest BCUT2D eigenvalue weighted by atomic mass is 10.2. The molecule has 4 N–H and O–H groups in total. The minimum absolute atomic E-state index is 0.0172. The first-order valence-electron chi connectivity index (χ1n) is 4.75. The van der Waals surface area contributed by atoms with Crippen LogP contribution in [0.2, 0.25) is 0 Å². The van der Waals surface area contributed by atoms with Gasteiger partial charge in [0.2, 0.25) is 0 Å². The Morgan fingerprint density at radius 1 is 1.59 bits per heavy atom.